The Kier molecular flexibility index (Phi) is 10.8. The first-order chi connectivity index (χ1) is 24.2. The number of rotatable bonds is 13. The van der Waals surface area contributed by atoms with Gasteiger partial charge in [-0.05, 0) is 30.2 Å². The molecule has 12 nitrogen and oxygen atoms in total. The molecule has 0 spiro atoms. The second-order valence-corrected chi connectivity index (χ2v) is 12.6. The fourth-order valence-electron chi connectivity index (χ4n) is 5.91. The molecule has 258 valence electrons. The number of aliphatic carboxylic acids is 1. The molecule has 6 rings (SSSR count). The number of aromatic nitrogens is 3. The smallest absolute Gasteiger partial charge is 0.323 e. The number of ether oxygens (including phenoxy) is 1. The normalized spacial score (nSPS) is 14.9. The Hall–Kier alpha value is -4.85. The maximum atomic E-state index is 13.1. The van der Waals surface area contributed by atoms with Gasteiger partial charge in [0.2, 0.25) is 11.8 Å². The first kappa shape index (κ1) is 35.0. The summed E-state index contributed by atoms with van der Waals surface area (Å²) in [6.07, 6.45) is 4.34. The maximum Gasteiger partial charge on any atom is 0.323 e. The Morgan fingerprint density at radius 3 is 2.42 bits per heavy atom. The third-order valence-electron chi connectivity index (χ3n) is 8.60. The Morgan fingerprint density at radius 2 is 1.74 bits per heavy atom. The summed E-state index contributed by atoms with van der Waals surface area (Å²) in [5, 5.41) is 28.3. The highest BCUT2D eigenvalue weighted by Crippen LogP contribution is 2.42. The fourth-order valence-corrected chi connectivity index (χ4v) is 6.57. The van der Waals surface area contributed by atoms with Gasteiger partial charge in [-0.1, -0.05) is 65.7 Å². The molecular weight excluding hydrogens is 683 g/mol. The van der Waals surface area contributed by atoms with Crippen molar-refractivity contribution in [3.8, 4) is 39.4 Å². The minimum atomic E-state index is -1.22. The van der Waals surface area contributed by atoms with E-state index >= 15 is 0 Å². The van der Waals surface area contributed by atoms with Gasteiger partial charge in [-0.25, -0.2) is 9.97 Å². The van der Waals surface area contributed by atoms with E-state index in [-0.39, 0.29) is 29.6 Å². The van der Waals surface area contributed by atoms with Crippen LogP contribution in [0.15, 0.2) is 77.9 Å². The van der Waals surface area contributed by atoms with Gasteiger partial charge in [-0.2, -0.15) is 0 Å². The molecule has 0 unspecified atom stereocenters. The van der Waals surface area contributed by atoms with Crippen LogP contribution in [-0.2, 0) is 22.7 Å². The SMILES string of the molecule is COc1nc(-c2cccc(-c3cccc(-c4ccn5c(=O)c(CN[C@@H](CO)C(=O)O)cnc5c4)c3Cl)c2Cl)ccc1CNC[C@H]1CCC(=O)N1. The van der Waals surface area contributed by atoms with Gasteiger partial charge in [0.15, 0.2) is 0 Å². The molecule has 0 bridgehead atoms. The summed E-state index contributed by atoms with van der Waals surface area (Å²) in [5.41, 5.74) is 5.28. The van der Waals surface area contributed by atoms with E-state index in [2.05, 4.69) is 20.9 Å². The van der Waals surface area contributed by atoms with Crippen molar-refractivity contribution in [1.82, 2.24) is 30.3 Å². The lowest BCUT2D eigenvalue weighted by Gasteiger charge is -2.16. The average Bonchev–Trinajstić information content (AvgIpc) is 3.54. The van der Waals surface area contributed by atoms with Gasteiger partial charge in [0.1, 0.15) is 11.7 Å². The van der Waals surface area contributed by atoms with Crippen LogP contribution in [0.2, 0.25) is 10.0 Å². The molecule has 2 atom stereocenters. The fraction of sp³-hybridized carbons (Fsp3) is 0.250. The zero-order chi connectivity index (χ0) is 35.4. The number of hydrogen-bond acceptors (Lipinski definition) is 9. The Bertz CT molecular complexity index is 2140. The number of amides is 1. The molecule has 0 aliphatic carbocycles. The van der Waals surface area contributed by atoms with Crippen LogP contribution in [0, 0.1) is 0 Å². The van der Waals surface area contributed by atoms with Gasteiger partial charge >= 0.3 is 5.97 Å². The Morgan fingerprint density at radius 1 is 1.02 bits per heavy atom. The lowest BCUT2D eigenvalue weighted by molar-refractivity contribution is -0.140. The zero-order valence-corrected chi connectivity index (χ0v) is 28.5. The predicted octanol–water partition coefficient (Wildman–Crippen LogP) is 4.31. The van der Waals surface area contributed by atoms with E-state index in [1.165, 1.54) is 10.6 Å². The van der Waals surface area contributed by atoms with Gasteiger partial charge in [-0.3, -0.25) is 24.1 Å². The van der Waals surface area contributed by atoms with Crippen molar-refractivity contribution in [3.05, 3.63) is 105 Å². The number of halogens is 2. The first-order valence-corrected chi connectivity index (χ1v) is 16.6. The number of carbonyl (C=O) groups excluding carboxylic acids is 1. The summed E-state index contributed by atoms with van der Waals surface area (Å²) >= 11 is 14.1. The maximum absolute atomic E-state index is 13.1. The number of hydrogen-bond donors (Lipinski definition) is 5. The molecule has 1 aliphatic heterocycles. The van der Waals surface area contributed by atoms with Gasteiger partial charge in [-0.15, -0.1) is 0 Å². The number of carboxylic acid groups (broad SMARTS) is 1. The standard InChI is InChI=1S/C36H34Cl2N6O6/c1-50-34-21(15-39-18-23-9-11-31(46)42-23)8-10-28(43-34)27-7-3-6-26(33(27)38)25-5-2-4-24(32(25)37)20-12-13-44-30(14-20)41-17-22(35(44)47)16-40-29(19-45)36(48)49/h2-8,10,12-14,17,23,29,39-40,45H,9,11,15-16,18-19H2,1H3,(H,42,46)(H,48,49)/t23-,29+/m1/s1. The molecule has 1 amide bonds. The number of aliphatic hydroxyl groups excluding tert-OH is 1. The molecule has 3 aromatic heterocycles. The summed E-state index contributed by atoms with van der Waals surface area (Å²) in [7, 11) is 1.57. The zero-order valence-electron chi connectivity index (χ0n) is 27.0. The lowest BCUT2D eigenvalue weighted by Crippen LogP contribution is -2.40. The van der Waals surface area contributed by atoms with E-state index in [0.717, 1.165) is 17.5 Å². The van der Waals surface area contributed by atoms with Crippen LogP contribution < -0.4 is 26.2 Å². The van der Waals surface area contributed by atoms with E-state index in [1.807, 2.05) is 48.5 Å². The van der Waals surface area contributed by atoms with E-state index in [4.69, 9.17) is 38.0 Å². The predicted molar refractivity (Wildman–Crippen MR) is 190 cm³/mol. The topological polar surface area (TPSA) is 167 Å². The van der Waals surface area contributed by atoms with Crippen molar-refractivity contribution in [2.24, 2.45) is 0 Å². The number of pyridine rings is 2. The molecule has 14 heteroatoms. The van der Waals surface area contributed by atoms with E-state index in [0.29, 0.717) is 69.0 Å². The number of carboxylic acids is 1. The molecule has 5 N–H and O–H groups in total. The Labute approximate surface area is 297 Å². The highest BCUT2D eigenvalue weighted by atomic mass is 35.5. The van der Waals surface area contributed by atoms with E-state index in [9.17, 15) is 19.5 Å². The van der Waals surface area contributed by atoms with Crippen LogP contribution in [0.1, 0.15) is 24.0 Å². The highest BCUT2D eigenvalue weighted by Gasteiger charge is 2.21. The average molecular weight is 718 g/mol. The third kappa shape index (κ3) is 7.35. The molecule has 4 heterocycles. The molecule has 1 fully saturated rings. The summed E-state index contributed by atoms with van der Waals surface area (Å²) in [4.78, 5) is 45.0. The molecule has 5 aromatic rings. The number of nitrogens with zero attached hydrogens (tertiary/aromatic N) is 3. The number of aliphatic hydroxyl groups is 1. The monoisotopic (exact) mass is 716 g/mol. The molecular formula is C36H34Cl2N6O6. The highest BCUT2D eigenvalue weighted by molar-refractivity contribution is 6.39. The van der Waals surface area contributed by atoms with E-state index in [1.54, 1.807) is 25.4 Å². The molecule has 1 aliphatic rings. The van der Waals surface area contributed by atoms with Crippen molar-refractivity contribution >= 4 is 40.7 Å². The minimum absolute atomic E-state index is 0.0756. The van der Waals surface area contributed by atoms with Crippen LogP contribution in [0.25, 0.3) is 39.2 Å². The summed E-state index contributed by atoms with van der Waals surface area (Å²) in [5.74, 6) is -0.674. The van der Waals surface area contributed by atoms with Gasteiger partial charge < -0.3 is 25.6 Å². The number of fused-ring (bicyclic) bond motifs is 1. The second kappa shape index (κ2) is 15.4. The van der Waals surface area contributed by atoms with Crippen molar-refractivity contribution < 1.29 is 24.5 Å². The van der Waals surface area contributed by atoms with E-state index < -0.39 is 18.6 Å². The van der Waals surface area contributed by atoms with Crippen LogP contribution in [0.4, 0.5) is 0 Å². The first-order valence-electron chi connectivity index (χ1n) is 15.9. The van der Waals surface area contributed by atoms with Crippen molar-refractivity contribution in [2.75, 3.05) is 20.3 Å². The summed E-state index contributed by atoms with van der Waals surface area (Å²) in [6.45, 7) is 0.486. The van der Waals surface area contributed by atoms with Crippen LogP contribution in [0.3, 0.4) is 0 Å². The molecule has 0 saturated carbocycles. The van der Waals surface area contributed by atoms with Crippen molar-refractivity contribution in [2.45, 2.75) is 38.0 Å². The number of methoxy groups -OCH3 is 1. The minimum Gasteiger partial charge on any atom is -0.481 e. The molecule has 1 saturated heterocycles. The Balaban J connectivity index is 1.25. The summed E-state index contributed by atoms with van der Waals surface area (Å²) in [6, 6.07) is 17.5. The molecule has 2 aromatic carbocycles. The molecule has 50 heavy (non-hydrogen) atoms. The summed E-state index contributed by atoms with van der Waals surface area (Å²) < 4.78 is 6.99. The van der Waals surface area contributed by atoms with Crippen LogP contribution in [-0.4, -0.2) is 68.8 Å². The lowest BCUT2D eigenvalue weighted by atomic mass is 9.97. The van der Waals surface area contributed by atoms with Crippen molar-refractivity contribution in [3.63, 3.8) is 0 Å². The van der Waals surface area contributed by atoms with Crippen LogP contribution >= 0.6 is 23.2 Å². The number of nitrogens with one attached hydrogen (secondary N) is 3. The largest absolute Gasteiger partial charge is 0.481 e. The van der Waals surface area contributed by atoms with Gasteiger partial charge in [0.05, 0.1) is 35.0 Å². The molecule has 0 radical (unpaired) electrons. The van der Waals surface area contributed by atoms with Gasteiger partial charge in [0.25, 0.3) is 5.56 Å². The van der Waals surface area contributed by atoms with Crippen molar-refractivity contribution in [1.29, 1.82) is 0 Å². The second-order valence-electron chi connectivity index (χ2n) is 11.8. The number of carbonyl (C=O) groups is 2. The number of benzene rings is 2. The van der Waals surface area contributed by atoms with Gasteiger partial charge in [0, 0.05) is 72.3 Å². The van der Waals surface area contributed by atoms with Crippen LogP contribution in [0.5, 0.6) is 5.88 Å². The quantitative estimate of drug-likeness (QED) is 0.119. The third-order valence-corrected chi connectivity index (χ3v) is 9.41.